The zero-order valence-corrected chi connectivity index (χ0v) is 13.8. The summed E-state index contributed by atoms with van der Waals surface area (Å²) < 4.78 is 16.5. The highest BCUT2D eigenvalue weighted by Crippen LogP contribution is 2.17. The van der Waals surface area contributed by atoms with E-state index >= 15 is 0 Å². The molecule has 1 N–H and O–H groups in total. The normalized spacial score (nSPS) is 20.6. The molecule has 1 aliphatic rings. The minimum atomic E-state index is -0.247. The number of pyridine rings is 1. The minimum Gasteiger partial charge on any atom is -0.484 e. The largest absolute Gasteiger partial charge is 0.484 e. The maximum Gasteiger partial charge on any atom is 0.228 e. The third-order valence-electron chi connectivity index (χ3n) is 3.83. The number of amides is 1. The highest BCUT2D eigenvalue weighted by molar-refractivity contribution is 5.78. The summed E-state index contributed by atoms with van der Waals surface area (Å²) in [5.41, 5.74) is 1.69. The summed E-state index contributed by atoms with van der Waals surface area (Å²) in [6, 6.07) is 5.40. The molecular formula is C17H21N3O4. The average molecular weight is 331 g/mol. The Morgan fingerprint density at radius 3 is 2.96 bits per heavy atom. The summed E-state index contributed by atoms with van der Waals surface area (Å²) in [5.74, 6) is 1.10. The van der Waals surface area contributed by atoms with E-state index in [1.54, 1.807) is 12.3 Å². The quantitative estimate of drug-likeness (QED) is 0.895. The van der Waals surface area contributed by atoms with Crippen molar-refractivity contribution in [1.29, 1.82) is 0 Å². The van der Waals surface area contributed by atoms with Crippen LogP contribution in [0.25, 0.3) is 0 Å². The van der Waals surface area contributed by atoms with Crippen molar-refractivity contribution in [1.82, 2.24) is 15.5 Å². The van der Waals surface area contributed by atoms with Gasteiger partial charge in [-0.1, -0.05) is 5.16 Å². The van der Waals surface area contributed by atoms with Crippen LogP contribution in [0.2, 0.25) is 0 Å². The van der Waals surface area contributed by atoms with Crippen LogP contribution in [0.1, 0.15) is 23.6 Å². The Hall–Kier alpha value is -2.41. The van der Waals surface area contributed by atoms with Gasteiger partial charge in [0.05, 0.1) is 31.0 Å². The molecule has 3 rings (SSSR count). The average Bonchev–Trinajstić information content (AvgIpc) is 2.96. The predicted octanol–water partition coefficient (Wildman–Crippen LogP) is 1.58. The molecule has 1 aliphatic heterocycles. The van der Waals surface area contributed by atoms with Crippen molar-refractivity contribution in [3.8, 4) is 5.75 Å². The molecule has 2 aromatic rings. The highest BCUT2D eigenvalue weighted by Gasteiger charge is 2.29. The van der Waals surface area contributed by atoms with E-state index in [9.17, 15) is 4.79 Å². The molecule has 3 heterocycles. The van der Waals surface area contributed by atoms with Gasteiger partial charge in [-0.15, -0.1) is 0 Å². The molecule has 0 aliphatic carbocycles. The second kappa shape index (κ2) is 7.44. The zero-order valence-electron chi connectivity index (χ0n) is 13.8. The van der Waals surface area contributed by atoms with Gasteiger partial charge in [0.15, 0.2) is 0 Å². The number of nitrogens with one attached hydrogen (secondary N) is 1. The Balaban J connectivity index is 1.59. The van der Waals surface area contributed by atoms with Crippen LogP contribution in [-0.2, 0) is 16.0 Å². The lowest BCUT2D eigenvalue weighted by Gasteiger charge is -2.32. The van der Waals surface area contributed by atoms with Crippen molar-refractivity contribution in [2.24, 2.45) is 0 Å². The van der Waals surface area contributed by atoms with Crippen molar-refractivity contribution in [2.75, 3.05) is 13.2 Å². The summed E-state index contributed by atoms with van der Waals surface area (Å²) in [7, 11) is 0. The van der Waals surface area contributed by atoms with Crippen molar-refractivity contribution >= 4 is 5.91 Å². The van der Waals surface area contributed by atoms with Crippen LogP contribution in [0.15, 0.2) is 28.9 Å². The van der Waals surface area contributed by atoms with E-state index < -0.39 is 0 Å². The number of rotatable bonds is 5. The lowest BCUT2D eigenvalue weighted by Crippen LogP contribution is -2.51. The number of hydrogen-bond donors (Lipinski definition) is 1. The van der Waals surface area contributed by atoms with Crippen LogP contribution >= 0.6 is 0 Å². The molecule has 1 fully saturated rings. The maximum absolute atomic E-state index is 12.2. The topological polar surface area (TPSA) is 86.5 Å². The van der Waals surface area contributed by atoms with Crippen LogP contribution in [0.5, 0.6) is 5.75 Å². The van der Waals surface area contributed by atoms with Crippen LogP contribution in [-0.4, -0.2) is 41.4 Å². The molecule has 2 atom stereocenters. The lowest BCUT2D eigenvalue weighted by atomic mass is 10.1. The van der Waals surface area contributed by atoms with Crippen molar-refractivity contribution < 1.29 is 18.8 Å². The Kier molecular flexibility index (Phi) is 5.10. The first-order chi connectivity index (χ1) is 11.6. The zero-order chi connectivity index (χ0) is 16.9. The summed E-state index contributed by atoms with van der Waals surface area (Å²) in [4.78, 5) is 16.4. The van der Waals surface area contributed by atoms with Gasteiger partial charge in [0.25, 0.3) is 0 Å². The van der Waals surface area contributed by atoms with Gasteiger partial charge in [0.1, 0.15) is 17.6 Å². The second-order valence-electron chi connectivity index (χ2n) is 5.94. The molecule has 1 saturated heterocycles. The van der Waals surface area contributed by atoms with E-state index in [4.69, 9.17) is 14.0 Å². The number of aromatic nitrogens is 2. The molecule has 0 aromatic carbocycles. The van der Waals surface area contributed by atoms with Gasteiger partial charge >= 0.3 is 0 Å². The first kappa shape index (κ1) is 16.4. The van der Waals surface area contributed by atoms with E-state index in [-0.39, 0.29) is 24.5 Å². The molecule has 0 bridgehead atoms. The van der Waals surface area contributed by atoms with Crippen molar-refractivity contribution in [3.05, 3.63) is 41.5 Å². The number of nitrogens with zero attached hydrogens (tertiary/aromatic N) is 2. The molecule has 0 saturated carbocycles. The van der Waals surface area contributed by atoms with Gasteiger partial charge in [-0.05, 0) is 32.4 Å². The van der Waals surface area contributed by atoms with E-state index in [0.717, 1.165) is 11.4 Å². The molecular weight excluding hydrogens is 310 g/mol. The van der Waals surface area contributed by atoms with Gasteiger partial charge in [0, 0.05) is 18.4 Å². The molecule has 128 valence electrons. The standard InChI is InChI=1S/C17H21N3O4/c1-11-3-4-13(9-18-11)23-16-10-22-6-5-15(16)19-17(21)8-14-7-12(2)20-24-14/h3-4,7,9,15-16H,5-6,8,10H2,1-2H3,(H,19,21)/t15-,16+/m1/s1. The summed E-state index contributed by atoms with van der Waals surface area (Å²) in [6.45, 7) is 4.77. The van der Waals surface area contributed by atoms with Gasteiger partial charge in [-0.25, -0.2) is 0 Å². The van der Waals surface area contributed by atoms with Crippen LogP contribution in [0.4, 0.5) is 0 Å². The first-order valence-electron chi connectivity index (χ1n) is 7.99. The number of aryl methyl sites for hydroxylation is 2. The fraction of sp³-hybridized carbons (Fsp3) is 0.471. The number of carbonyl (C=O) groups is 1. The van der Waals surface area contributed by atoms with Crippen molar-refractivity contribution in [2.45, 2.75) is 38.8 Å². The van der Waals surface area contributed by atoms with Crippen LogP contribution in [0, 0.1) is 13.8 Å². The molecule has 0 unspecified atom stereocenters. The second-order valence-corrected chi connectivity index (χ2v) is 5.94. The molecule has 7 nitrogen and oxygen atoms in total. The molecule has 2 aromatic heterocycles. The van der Waals surface area contributed by atoms with Gasteiger partial charge in [-0.2, -0.15) is 0 Å². The molecule has 24 heavy (non-hydrogen) atoms. The monoisotopic (exact) mass is 331 g/mol. The fourth-order valence-electron chi connectivity index (χ4n) is 2.61. The molecule has 1 amide bonds. The Morgan fingerprint density at radius 1 is 1.38 bits per heavy atom. The van der Waals surface area contributed by atoms with Crippen LogP contribution in [0.3, 0.4) is 0 Å². The van der Waals surface area contributed by atoms with Gasteiger partial charge < -0.3 is 19.3 Å². The SMILES string of the molecule is Cc1ccc(O[C@H]2COCC[C@H]2NC(=O)Cc2cc(C)no2)cn1. The van der Waals surface area contributed by atoms with Crippen molar-refractivity contribution in [3.63, 3.8) is 0 Å². The van der Waals surface area contributed by atoms with E-state index in [1.807, 2.05) is 26.0 Å². The summed E-state index contributed by atoms with van der Waals surface area (Å²) >= 11 is 0. The van der Waals surface area contributed by atoms with Crippen LogP contribution < -0.4 is 10.1 Å². The number of carbonyl (C=O) groups excluding carboxylic acids is 1. The first-order valence-corrected chi connectivity index (χ1v) is 7.99. The predicted molar refractivity (Wildman–Crippen MR) is 85.7 cm³/mol. The third-order valence-corrected chi connectivity index (χ3v) is 3.83. The van der Waals surface area contributed by atoms with Gasteiger partial charge in [-0.3, -0.25) is 9.78 Å². The molecule has 0 spiro atoms. The maximum atomic E-state index is 12.2. The summed E-state index contributed by atoms with van der Waals surface area (Å²) in [5, 5.41) is 6.79. The summed E-state index contributed by atoms with van der Waals surface area (Å²) in [6.07, 6.45) is 2.30. The van der Waals surface area contributed by atoms with E-state index in [0.29, 0.717) is 31.1 Å². The Bertz CT molecular complexity index is 683. The van der Waals surface area contributed by atoms with E-state index in [1.165, 1.54) is 0 Å². The Labute approximate surface area is 140 Å². The Morgan fingerprint density at radius 2 is 2.25 bits per heavy atom. The number of ether oxygens (including phenoxy) is 2. The highest BCUT2D eigenvalue weighted by atomic mass is 16.5. The third kappa shape index (κ3) is 4.32. The molecule has 7 heteroatoms. The minimum absolute atomic E-state index is 0.114. The van der Waals surface area contributed by atoms with E-state index in [2.05, 4.69) is 15.5 Å². The fourth-order valence-corrected chi connectivity index (χ4v) is 2.61. The lowest BCUT2D eigenvalue weighted by molar-refractivity contribution is -0.123. The molecule has 0 radical (unpaired) electrons. The van der Waals surface area contributed by atoms with Gasteiger partial charge in [0.2, 0.25) is 5.91 Å². The smallest absolute Gasteiger partial charge is 0.228 e. The number of hydrogen-bond acceptors (Lipinski definition) is 6.